The van der Waals surface area contributed by atoms with E-state index in [1.54, 1.807) is 18.3 Å². The molecule has 1 aromatic carbocycles. The molecule has 164 valence electrons. The number of phenols is 1. The first-order valence-electron chi connectivity index (χ1n) is 10.0. The quantitative estimate of drug-likeness (QED) is 0.523. The minimum Gasteiger partial charge on any atom is -0.504 e. The fourth-order valence-electron chi connectivity index (χ4n) is 3.99. The van der Waals surface area contributed by atoms with Crippen molar-refractivity contribution in [3.8, 4) is 11.6 Å². The second-order valence-electron chi connectivity index (χ2n) is 7.78. The number of pyridine rings is 1. The number of aromatic hydroxyl groups is 1. The largest absolute Gasteiger partial charge is 0.504 e. The third kappa shape index (κ3) is 4.20. The van der Waals surface area contributed by atoms with Crippen molar-refractivity contribution in [2.24, 2.45) is 11.5 Å². The number of nitrogens with zero attached hydrogens (tertiary/aromatic N) is 2. The second-order valence-corrected chi connectivity index (χ2v) is 8.05. The van der Waals surface area contributed by atoms with Crippen LogP contribution in [0.2, 0.25) is 0 Å². The van der Waals surface area contributed by atoms with Crippen LogP contribution in [0.5, 0.6) is 11.6 Å². The average molecular weight is 446 g/mol. The summed E-state index contributed by atoms with van der Waals surface area (Å²) in [7, 11) is 0. The number of fused-ring (bicyclic) bond motifs is 1. The summed E-state index contributed by atoms with van der Waals surface area (Å²) in [5.41, 5.74) is 15.5. The Labute approximate surface area is 185 Å². The number of halogens is 2. The first-order valence-corrected chi connectivity index (χ1v) is 10.5. The van der Waals surface area contributed by atoms with Crippen molar-refractivity contribution in [2.75, 3.05) is 13.1 Å². The van der Waals surface area contributed by atoms with Gasteiger partial charge in [0.1, 0.15) is 11.9 Å². The van der Waals surface area contributed by atoms with Crippen LogP contribution in [0.15, 0.2) is 48.1 Å². The van der Waals surface area contributed by atoms with E-state index in [0.717, 1.165) is 17.5 Å². The van der Waals surface area contributed by atoms with Crippen LogP contribution in [-0.4, -0.2) is 40.2 Å². The van der Waals surface area contributed by atoms with Crippen molar-refractivity contribution in [1.29, 1.82) is 0 Å². The van der Waals surface area contributed by atoms with Crippen LogP contribution in [0.1, 0.15) is 23.1 Å². The minimum absolute atomic E-state index is 0.0846. The topological polar surface area (TPSA) is 110 Å². The zero-order chi connectivity index (χ0) is 22.1. The molecule has 0 aliphatic carbocycles. The fourth-order valence-corrected chi connectivity index (χ4v) is 4.27. The maximum atomic E-state index is 13.7. The van der Waals surface area contributed by atoms with E-state index in [4.69, 9.17) is 27.8 Å². The van der Waals surface area contributed by atoms with Gasteiger partial charge in [0.25, 0.3) is 0 Å². The highest BCUT2D eigenvalue weighted by Crippen LogP contribution is 2.32. The Hall–Kier alpha value is -3.13. The van der Waals surface area contributed by atoms with Crippen LogP contribution in [0.4, 0.5) is 4.39 Å². The molecule has 1 aromatic heterocycles. The van der Waals surface area contributed by atoms with Crippen molar-refractivity contribution in [3.05, 3.63) is 70.6 Å². The summed E-state index contributed by atoms with van der Waals surface area (Å²) in [6, 6.07) is 6.28. The van der Waals surface area contributed by atoms with Crippen LogP contribution in [-0.2, 0) is 5.88 Å². The number of aromatic nitrogens is 1. The lowest BCUT2D eigenvalue weighted by molar-refractivity contribution is 0.201. The number of rotatable bonds is 5. The van der Waals surface area contributed by atoms with Gasteiger partial charge >= 0.3 is 0 Å². The van der Waals surface area contributed by atoms with Gasteiger partial charge < -0.3 is 31.5 Å². The lowest BCUT2D eigenvalue weighted by Crippen LogP contribution is -2.45. The summed E-state index contributed by atoms with van der Waals surface area (Å²) in [6.07, 6.45) is 4.09. The highest BCUT2D eigenvalue weighted by molar-refractivity contribution is 6.17. The maximum absolute atomic E-state index is 13.7. The Balaban J connectivity index is 1.54. The molecule has 4 rings (SSSR count). The summed E-state index contributed by atoms with van der Waals surface area (Å²) in [5.74, 6) is 0.221. The number of para-hydroxylation sites is 1. The molecule has 3 heterocycles. The molecule has 2 atom stereocenters. The predicted octanol–water partition coefficient (Wildman–Crippen LogP) is 2.53. The number of aryl methyl sites for hydroxylation is 1. The molecule has 2 aromatic rings. The van der Waals surface area contributed by atoms with Crippen LogP contribution in [0.25, 0.3) is 5.70 Å². The van der Waals surface area contributed by atoms with Gasteiger partial charge in [0.2, 0.25) is 5.88 Å². The lowest BCUT2D eigenvalue weighted by Gasteiger charge is -2.34. The van der Waals surface area contributed by atoms with Crippen molar-refractivity contribution >= 4 is 17.3 Å². The Morgan fingerprint density at radius 3 is 3.03 bits per heavy atom. The third-order valence-electron chi connectivity index (χ3n) is 5.71. The second kappa shape index (κ2) is 8.55. The molecule has 2 aliphatic heterocycles. The molecule has 0 radical (unpaired) electrons. The monoisotopic (exact) mass is 445 g/mol. The maximum Gasteiger partial charge on any atom is 0.213 e. The molecular formula is C22H25ClFN5O2. The molecule has 1 fully saturated rings. The summed E-state index contributed by atoms with van der Waals surface area (Å²) >= 11 is 5.91. The van der Waals surface area contributed by atoms with E-state index < -0.39 is 11.6 Å². The van der Waals surface area contributed by atoms with Crippen molar-refractivity contribution in [1.82, 2.24) is 15.2 Å². The SMILES string of the molecule is Cc1cc(OC2CC3CNC(N)=C(/C=C(\N)c4cccc(F)c4O)N3C2)ncc1CCl. The Kier molecular flexibility index (Phi) is 5.82. The smallest absolute Gasteiger partial charge is 0.213 e. The highest BCUT2D eigenvalue weighted by atomic mass is 35.5. The zero-order valence-electron chi connectivity index (χ0n) is 17.1. The zero-order valence-corrected chi connectivity index (χ0v) is 17.9. The van der Waals surface area contributed by atoms with E-state index in [2.05, 4.69) is 15.2 Å². The number of phenolic OH excluding ortho intramolecular Hbond substituents is 1. The first kappa shape index (κ1) is 21.1. The van der Waals surface area contributed by atoms with Gasteiger partial charge in [-0.05, 0) is 36.3 Å². The van der Waals surface area contributed by atoms with Gasteiger partial charge in [-0.3, -0.25) is 0 Å². The summed E-state index contributed by atoms with van der Waals surface area (Å²) < 4.78 is 19.8. The van der Waals surface area contributed by atoms with Gasteiger partial charge in [0.15, 0.2) is 11.6 Å². The molecule has 31 heavy (non-hydrogen) atoms. The van der Waals surface area contributed by atoms with Crippen LogP contribution in [0, 0.1) is 12.7 Å². The van der Waals surface area contributed by atoms with Gasteiger partial charge in [-0.1, -0.05) is 6.07 Å². The van der Waals surface area contributed by atoms with E-state index >= 15 is 0 Å². The highest BCUT2D eigenvalue weighted by Gasteiger charge is 2.37. The van der Waals surface area contributed by atoms with E-state index in [1.165, 1.54) is 12.1 Å². The van der Waals surface area contributed by atoms with Gasteiger partial charge in [0.05, 0.1) is 18.3 Å². The summed E-state index contributed by atoms with van der Waals surface area (Å²) in [4.78, 5) is 6.48. The summed E-state index contributed by atoms with van der Waals surface area (Å²) in [6.45, 7) is 3.25. The first-order chi connectivity index (χ1) is 14.9. The van der Waals surface area contributed by atoms with Gasteiger partial charge in [-0.25, -0.2) is 9.37 Å². The van der Waals surface area contributed by atoms with Crippen molar-refractivity contribution in [2.45, 2.75) is 31.4 Å². The van der Waals surface area contributed by atoms with Gasteiger partial charge in [0, 0.05) is 42.4 Å². The standard InChI is InChI=1S/C22H25ClFN5O2/c1-12-5-20(27-9-13(12)8-23)31-15-6-14-10-28-22(26)19(29(14)11-15)7-18(25)16-3-2-4-17(24)21(16)30/h2-5,7,9,14-15,28,30H,6,8,10-11,25-26H2,1H3/b18-7-. The molecule has 6 N–H and O–H groups in total. The molecule has 1 saturated heterocycles. The molecule has 0 bridgehead atoms. The van der Waals surface area contributed by atoms with Crippen LogP contribution in [0.3, 0.4) is 0 Å². The van der Waals surface area contributed by atoms with Gasteiger partial charge in [-0.15, -0.1) is 11.6 Å². The number of ether oxygens (including phenoxy) is 1. The molecule has 2 unspecified atom stereocenters. The van der Waals surface area contributed by atoms with E-state index in [1.807, 2.05) is 13.0 Å². The number of hydrogen-bond donors (Lipinski definition) is 4. The molecule has 0 spiro atoms. The third-order valence-corrected chi connectivity index (χ3v) is 5.99. The minimum atomic E-state index is -0.729. The Morgan fingerprint density at radius 2 is 2.29 bits per heavy atom. The average Bonchev–Trinajstić information content (AvgIpc) is 3.15. The Morgan fingerprint density at radius 1 is 1.48 bits per heavy atom. The Bertz CT molecular complexity index is 1060. The molecule has 9 heteroatoms. The lowest BCUT2D eigenvalue weighted by atomic mass is 10.1. The number of nitrogens with two attached hydrogens (primary N) is 2. The van der Waals surface area contributed by atoms with Gasteiger partial charge in [-0.2, -0.15) is 0 Å². The fraction of sp³-hybridized carbons (Fsp3) is 0.318. The molecule has 7 nitrogen and oxygen atoms in total. The molecule has 2 aliphatic rings. The number of benzene rings is 1. The normalized spacial score (nSPS) is 21.1. The molecule has 0 saturated carbocycles. The van der Waals surface area contributed by atoms with Crippen molar-refractivity contribution < 1.29 is 14.2 Å². The number of allylic oxidation sites excluding steroid dienone is 1. The molecule has 0 amide bonds. The summed E-state index contributed by atoms with van der Waals surface area (Å²) in [5, 5.41) is 13.2. The predicted molar refractivity (Wildman–Crippen MR) is 118 cm³/mol. The van der Waals surface area contributed by atoms with E-state index in [-0.39, 0.29) is 23.4 Å². The van der Waals surface area contributed by atoms with E-state index in [9.17, 15) is 9.50 Å². The number of nitrogens with one attached hydrogen (secondary N) is 1. The van der Waals surface area contributed by atoms with Crippen LogP contribution < -0.4 is 21.5 Å². The number of hydrogen-bond acceptors (Lipinski definition) is 7. The van der Waals surface area contributed by atoms with E-state index in [0.29, 0.717) is 36.4 Å². The van der Waals surface area contributed by atoms with Crippen LogP contribution >= 0.6 is 11.6 Å². The molecular weight excluding hydrogens is 421 g/mol. The number of alkyl halides is 1. The van der Waals surface area contributed by atoms with Crippen molar-refractivity contribution in [3.63, 3.8) is 0 Å².